The molecule has 2 amide bonds. The average Bonchev–Trinajstić information content (AvgIpc) is 2.98. The van der Waals surface area contributed by atoms with Gasteiger partial charge >= 0.3 is 5.69 Å². The molecule has 126 valence electrons. The van der Waals surface area contributed by atoms with Gasteiger partial charge in [0.2, 0.25) is 0 Å². The smallest absolute Gasteiger partial charge is 0.312 e. The normalized spacial score (nSPS) is 10.3. The highest BCUT2D eigenvalue weighted by atomic mass is 16.2. The summed E-state index contributed by atoms with van der Waals surface area (Å²) in [6, 6.07) is 15.1. The molecule has 1 heterocycles. The van der Waals surface area contributed by atoms with E-state index in [0.717, 1.165) is 5.69 Å². The number of aryl methyl sites for hydroxylation is 1. The van der Waals surface area contributed by atoms with Crippen LogP contribution in [-0.2, 0) is 0 Å². The Morgan fingerprint density at radius 1 is 0.880 bits per heavy atom. The number of hydrogen-bond donors (Lipinski definition) is 3. The Bertz CT molecular complexity index is 956. The van der Waals surface area contributed by atoms with Crippen LogP contribution >= 0.6 is 0 Å². The van der Waals surface area contributed by atoms with Gasteiger partial charge in [-0.05, 0) is 43.3 Å². The van der Waals surface area contributed by atoms with E-state index >= 15 is 0 Å². The van der Waals surface area contributed by atoms with Crippen LogP contribution in [0, 0.1) is 6.92 Å². The molecule has 0 bridgehead atoms. The Balaban J connectivity index is 1.67. The minimum absolute atomic E-state index is 0.246. The van der Waals surface area contributed by atoms with Gasteiger partial charge in [0.05, 0.1) is 5.69 Å². The monoisotopic (exact) mass is 336 g/mol. The minimum Gasteiger partial charge on any atom is -0.312 e. The molecule has 7 nitrogen and oxygen atoms in total. The second-order valence-electron chi connectivity index (χ2n) is 5.39. The molecule has 1 aromatic heterocycles. The van der Waals surface area contributed by atoms with Crippen LogP contribution < -0.4 is 16.5 Å². The topological polar surface area (TPSA) is 96.0 Å². The highest BCUT2D eigenvalue weighted by Gasteiger charge is 2.10. The van der Waals surface area contributed by atoms with Gasteiger partial charge in [0.1, 0.15) is 0 Å². The van der Waals surface area contributed by atoms with E-state index in [2.05, 4.69) is 15.8 Å². The van der Waals surface area contributed by atoms with Crippen molar-refractivity contribution in [3.8, 4) is 5.69 Å². The SMILES string of the molecule is Cc1c[nH]c(=O)n1-c1ccc(C(=O)NNC(=O)c2ccccc2)cc1. The molecular formula is C18H16N4O3. The van der Waals surface area contributed by atoms with Crippen molar-refractivity contribution in [3.05, 3.63) is 88.1 Å². The summed E-state index contributed by atoms with van der Waals surface area (Å²) in [5.41, 5.74) is 6.69. The zero-order valence-corrected chi connectivity index (χ0v) is 13.4. The summed E-state index contributed by atoms with van der Waals surface area (Å²) >= 11 is 0. The molecule has 0 radical (unpaired) electrons. The van der Waals surface area contributed by atoms with Gasteiger partial charge in [0, 0.05) is 23.0 Å². The summed E-state index contributed by atoms with van der Waals surface area (Å²) < 4.78 is 1.50. The fraction of sp³-hybridized carbons (Fsp3) is 0.0556. The van der Waals surface area contributed by atoms with Gasteiger partial charge in [-0.2, -0.15) is 0 Å². The van der Waals surface area contributed by atoms with Crippen LogP contribution in [0.25, 0.3) is 5.69 Å². The zero-order valence-electron chi connectivity index (χ0n) is 13.4. The third kappa shape index (κ3) is 3.50. The van der Waals surface area contributed by atoms with Crippen LogP contribution in [0.3, 0.4) is 0 Å². The first-order valence-corrected chi connectivity index (χ1v) is 7.59. The van der Waals surface area contributed by atoms with Gasteiger partial charge in [0.15, 0.2) is 0 Å². The van der Waals surface area contributed by atoms with Crippen LogP contribution in [0.1, 0.15) is 26.4 Å². The van der Waals surface area contributed by atoms with Crippen molar-refractivity contribution in [2.75, 3.05) is 0 Å². The lowest BCUT2D eigenvalue weighted by molar-refractivity contribution is 0.0846. The van der Waals surface area contributed by atoms with Crippen LogP contribution in [0.2, 0.25) is 0 Å². The third-order valence-electron chi connectivity index (χ3n) is 3.67. The van der Waals surface area contributed by atoms with Crippen molar-refractivity contribution in [3.63, 3.8) is 0 Å². The minimum atomic E-state index is -0.450. The number of hydrazine groups is 1. The van der Waals surface area contributed by atoms with Gasteiger partial charge in [-0.15, -0.1) is 0 Å². The molecule has 0 fully saturated rings. The first-order chi connectivity index (χ1) is 12.1. The lowest BCUT2D eigenvalue weighted by atomic mass is 10.2. The molecule has 0 saturated carbocycles. The summed E-state index contributed by atoms with van der Waals surface area (Å²) in [7, 11) is 0. The number of H-pyrrole nitrogens is 1. The molecule has 2 aromatic carbocycles. The number of carbonyl (C=O) groups is 2. The van der Waals surface area contributed by atoms with Crippen LogP contribution in [0.5, 0.6) is 0 Å². The molecule has 3 aromatic rings. The van der Waals surface area contributed by atoms with Crippen molar-refractivity contribution in [1.82, 2.24) is 20.4 Å². The predicted molar refractivity (Wildman–Crippen MR) is 92.5 cm³/mol. The standard InChI is InChI=1S/C18H16N4O3/c1-12-11-19-18(25)22(12)15-9-7-14(8-10-15)17(24)21-20-16(23)13-5-3-2-4-6-13/h2-11H,1H3,(H,19,25)(H,20,23)(H,21,24). The van der Waals surface area contributed by atoms with E-state index in [9.17, 15) is 14.4 Å². The number of benzene rings is 2. The molecule has 0 unspecified atom stereocenters. The number of nitrogens with zero attached hydrogens (tertiary/aromatic N) is 1. The van der Waals surface area contributed by atoms with Gasteiger partial charge in [0.25, 0.3) is 11.8 Å². The first-order valence-electron chi connectivity index (χ1n) is 7.59. The molecule has 3 rings (SSSR count). The van der Waals surface area contributed by atoms with E-state index in [0.29, 0.717) is 16.8 Å². The number of aromatic amines is 1. The van der Waals surface area contributed by atoms with E-state index in [-0.39, 0.29) is 5.69 Å². The second-order valence-corrected chi connectivity index (χ2v) is 5.39. The Labute approximate surface area is 143 Å². The molecule has 0 aliphatic rings. The van der Waals surface area contributed by atoms with E-state index in [1.807, 2.05) is 0 Å². The molecule has 0 aliphatic carbocycles. The summed E-state index contributed by atoms with van der Waals surface area (Å²) in [6.07, 6.45) is 1.61. The van der Waals surface area contributed by atoms with Gasteiger partial charge in [-0.3, -0.25) is 25.0 Å². The lowest BCUT2D eigenvalue weighted by Gasteiger charge is -2.08. The van der Waals surface area contributed by atoms with E-state index in [1.54, 1.807) is 67.7 Å². The Morgan fingerprint density at radius 2 is 1.44 bits per heavy atom. The molecule has 7 heteroatoms. The lowest BCUT2D eigenvalue weighted by Crippen LogP contribution is -2.41. The molecular weight excluding hydrogens is 320 g/mol. The number of amides is 2. The highest BCUT2D eigenvalue weighted by Crippen LogP contribution is 2.10. The number of hydrogen-bond acceptors (Lipinski definition) is 3. The molecule has 0 aliphatic heterocycles. The fourth-order valence-corrected chi connectivity index (χ4v) is 2.39. The Morgan fingerprint density at radius 3 is 1.96 bits per heavy atom. The van der Waals surface area contributed by atoms with E-state index in [4.69, 9.17) is 0 Å². The van der Waals surface area contributed by atoms with Gasteiger partial charge in [-0.25, -0.2) is 4.79 Å². The molecule has 0 atom stereocenters. The largest absolute Gasteiger partial charge is 0.330 e. The summed E-state index contributed by atoms with van der Waals surface area (Å²) in [5.74, 6) is -0.853. The zero-order chi connectivity index (χ0) is 17.8. The van der Waals surface area contributed by atoms with Crippen molar-refractivity contribution in [2.45, 2.75) is 6.92 Å². The third-order valence-corrected chi connectivity index (χ3v) is 3.67. The number of carbonyl (C=O) groups excluding carboxylic acids is 2. The molecule has 3 N–H and O–H groups in total. The van der Waals surface area contributed by atoms with Gasteiger partial charge < -0.3 is 4.98 Å². The first kappa shape index (κ1) is 16.3. The molecule has 0 spiro atoms. The maximum absolute atomic E-state index is 12.1. The fourth-order valence-electron chi connectivity index (χ4n) is 2.39. The number of rotatable bonds is 3. The highest BCUT2D eigenvalue weighted by molar-refractivity contribution is 5.99. The molecule has 0 saturated heterocycles. The van der Waals surface area contributed by atoms with Crippen molar-refractivity contribution >= 4 is 11.8 Å². The Hall–Kier alpha value is -3.61. The quantitative estimate of drug-likeness (QED) is 0.633. The second kappa shape index (κ2) is 6.88. The predicted octanol–water partition coefficient (Wildman–Crippen LogP) is 1.55. The summed E-state index contributed by atoms with van der Waals surface area (Å²) in [4.78, 5) is 38.4. The Kier molecular flexibility index (Phi) is 4.47. The van der Waals surface area contributed by atoms with Gasteiger partial charge in [-0.1, -0.05) is 18.2 Å². The van der Waals surface area contributed by atoms with E-state index in [1.165, 1.54) is 4.57 Å². The summed E-state index contributed by atoms with van der Waals surface area (Å²) in [5, 5.41) is 0. The summed E-state index contributed by atoms with van der Waals surface area (Å²) in [6.45, 7) is 1.80. The van der Waals surface area contributed by atoms with Crippen molar-refractivity contribution < 1.29 is 9.59 Å². The maximum atomic E-state index is 12.1. The molecule has 25 heavy (non-hydrogen) atoms. The maximum Gasteiger partial charge on any atom is 0.330 e. The number of imidazole rings is 1. The van der Waals surface area contributed by atoms with Crippen LogP contribution in [0.15, 0.2) is 65.6 Å². The van der Waals surface area contributed by atoms with Crippen molar-refractivity contribution in [1.29, 1.82) is 0 Å². The van der Waals surface area contributed by atoms with Crippen molar-refractivity contribution in [2.24, 2.45) is 0 Å². The van der Waals surface area contributed by atoms with Crippen LogP contribution in [-0.4, -0.2) is 21.4 Å². The van der Waals surface area contributed by atoms with E-state index < -0.39 is 11.8 Å². The number of nitrogens with one attached hydrogen (secondary N) is 3. The van der Waals surface area contributed by atoms with Crippen LogP contribution in [0.4, 0.5) is 0 Å². The number of aromatic nitrogens is 2. The average molecular weight is 336 g/mol.